The Kier molecular flexibility index (Phi) is 6.36. The summed E-state index contributed by atoms with van der Waals surface area (Å²) in [5.74, 6) is -0.337. The molecule has 0 saturated carbocycles. The Morgan fingerprint density at radius 1 is 1.44 bits per heavy atom. The van der Waals surface area contributed by atoms with Gasteiger partial charge in [0.1, 0.15) is 12.4 Å². The van der Waals surface area contributed by atoms with Gasteiger partial charge in [-0.15, -0.1) is 0 Å². The Labute approximate surface area is 107 Å². The zero-order chi connectivity index (χ0) is 13.4. The number of ether oxygens (including phenoxy) is 1. The zero-order valence-corrected chi connectivity index (χ0v) is 11.0. The molecular formula is C14H20FNO2. The third-order valence-electron chi connectivity index (χ3n) is 2.60. The number of halogens is 1. The summed E-state index contributed by atoms with van der Waals surface area (Å²) >= 11 is 0. The van der Waals surface area contributed by atoms with Gasteiger partial charge in [0.2, 0.25) is 5.91 Å². The van der Waals surface area contributed by atoms with E-state index in [0.717, 1.165) is 17.5 Å². The van der Waals surface area contributed by atoms with Crippen LogP contribution in [0, 0.1) is 12.7 Å². The third kappa shape index (κ3) is 5.27. The van der Waals surface area contributed by atoms with Gasteiger partial charge >= 0.3 is 0 Å². The van der Waals surface area contributed by atoms with E-state index in [1.165, 1.54) is 12.1 Å². The zero-order valence-electron chi connectivity index (χ0n) is 11.0. The Morgan fingerprint density at radius 3 is 2.89 bits per heavy atom. The number of amides is 1. The molecule has 0 aromatic heterocycles. The molecular weight excluding hydrogens is 233 g/mol. The topological polar surface area (TPSA) is 38.3 Å². The summed E-state index contributed by atoms with van der Waals surface area (Å²) in [5.41, 5.74) is 1.96. The van der Waals surface area contributed by atoms with E-state index < -0.39 is 0 Å². The van der Waals surface area contributed by atoms with Crippen LogP contribution >= 0.6 is 0 Å². The minimum Gasteiger partial charge on any atom is -0.372 e. The second-order valence-corrected chi connectivity index (χ2v) is 4.22. The maximum Gasteiger partial charge on any atom is 0.246 e. The van der Waals surface area contributed by atoms with Crippen molar-refractivity contribution in [3.8, 4) is 0 Å². The lowest BCUT2D eigenvalue weighted by Crippen LogP contribution is -2.29. The van der Waals surface area contributed by atoms with Gasteiger partial charge in [-0.05, 0) is 43.0 Å². The van der Waals surface area contributed by atoms with Crippen molar-refractivity contribution < 1.29 is 13.9 Å². The number of carbonyl (C=O) groups excluding carboxylic acids is 1. The fourth-order valence-electron chi connectivity index (χ4n) is 1.64. The number of carbonyl (C=O) groups is 1. The molecule has 1 rings (SSSR count). The molecule has 0 atom stereocenters. The van der Waals surface area contributed by atoms with Crippen molar-refractivity contribution in [1.29, 1.82) is 0 Å². The fourth-order valence-corrected chi connectivity index (χ4v) is 1.64. The van der Waals surface area contributed by atoms with Gasteiger partial charge < -0.3 is 10.1 Å². The first-order chi connectivity index (χ1) is 8.63. The number of hydrogen-bond acceptors (Lipinski definition) is 2. The van der Waals surface area contributed by atoms with Crippen LogP contribution < -0.4 is 5.32 Å². The first-order valence-electron chi connectivity index (χ1n) is 6.23. The van der Waals surface area contributed by atoms with E-state index in [1.54, 1.807) is 6.07 Å². The van der Waals surface area contributed by atoms with Crippen molar-refractivity contribution in [2.24, 2.45) is 0 Å². The van der Waals surface area contributed by atoms with Crippen LogP contribution in [0.15, 0.2) is 18.2 Å². The minimum absolute atomic E-state index is 0.107. The Balaban J connectivity index is 2.26. The molecule has 1 N–H and O–H groups in total. The Morgan fingerprint density at radius 2 is 2.22 bits per heavy atom. The summed E-state index contributed by atoms with van der Waals surface area (Å²) in [6.07, 6.45) is 1.60. The molecule has 0 unspecified atom stereocenters. The molecule has 1 amide bonds. The lowest BCUT2D eigenvalue weighted by atomic mass is 10.1. The highest BCUT2D eigenvalue weighted by molar-refractivity contribution is 5.77. The highest BCUT2D eigenvalue weighted by atomic mass is 19.1. The summed E-state index contributed by atoms with van der Waals surface area (Å²) in [7, 11) is 0. The minimum atomic E-state index is -0.228. The second kappa shape index (κ2) is 7.82. The van der Waals surface area contributed by atoms with Crippen LogP contribution in [0.1, 0.15) is 24.5 Å². The lowest BCUT2D eigenvalue weighted by molar-refractivity contribution is -0.125. The summed E-state index contributed by atoms with van der Waals surface area (Å²) in [6.45, 7) is 5.11. The molecule has 0 saturated heterocycles. The SMILES string of the molecule is CCCOCC(=O)NCCc1ccc(F)cc1C. The van der Waals surface area contributed by atoms with Crippen LogP contribution in [0.3, 0.4) is 0 Å². The number of hydrogen-bond donors (Lipinski definition) is 1. The molecule has 0 fully saturated rings. The van der Waals surface area contributed by atoms with Crippen LogP contribution in [0.25, 0.3) is 0 Å². The highest BCUT2D eigenvalue weighted by Crippen LogP contribution is 2.10. The van der Waals surface area contributed by atoms with Crippen LogP contribution in [0.2, 0.25) is 0 Å². The molecule has 0 radical (unpaired) electrons. The molecule has 0 heterocycles. The number of benzene rings is 1. The van der Waals surface area contributed by atoms with E-state index in [2.05, 4.69) is 5.32 Å². The lowest BCUT2D eigenvalue weighted by Gasteiger charge is -2.08. The van der Waals surface area contributed by atoms with Crippen molar-refractivity contribution in [2.75, 3.05) is 19.8 Å². The molecule has 3 nitrogen and oxygen atoms in total. The summed E-state index contributed by atoms with van der Waals surface area (Å²) < 4.78 is 18.0. The first kappa shape index (κ1) is 14.6. The van der Waals surface area contributed by atoms with Gasteiger partial charge in [-0.1, -0.05) is 13.0 Å². The molecule has 4 heteroatoms. The van der Waals surface area contributed by atoms with E-state index in [-0.39, 0.29) is 18.3 Å². The van der Waals surface area contributed by atoms with Crippen LogP contribution in [0.4, 0.5) is 4.39 Å². The van der Waals surface area contributed by atoms with Gasteiger partial charge in [-0.2, -0.15) is 0 Å². The van der Waals surface area contributed by atoms with E-state index >= 15 is 0 Å². The predicted octanol–water partition coefficient (Wildman–Crippen LogP) is 2.22. The predicted molar refractivity (Wildman–Crippen MR) is 69.0 cm³/mol. The average Bonchev–Trinajstić information content (AvgIpc) is 2.32. The molecule has 0 spiro atoms. The molecule has 0 aliphatic carbocycles. The van der Waals surface area contributed by atoms with Gasteiger partial charge in [-0.3, -0.25) is 4.79 Å². The van der Waals surface area contributed by atoms with E-state index in [1.807, 2.05) is 13.8 Å². The summed E-state index contributed by atoms with van der Waals surface area (Å²) in [5, 5.41) is 2.77. The normalized spacial score (nSPS) is 10.4. The third-order valence-corrected chi connectivity index (χ3v) is 2.60. The molecule has 100 valence electrons. The quantitative estimate of drug-likeness (QED) is 0.757. The van der Waals surface area contributed by atoms with Gasteiger partial charge in [0, 0.05) is 13.2 Å². The van der Waals surface area contributed by atoms with Crippen LogP contribution in [0.5, 0.6) is 0 Å². The summed E-state index contributed by atoms with van der Waals surface area (Å²) in [4.78, 5) is 11.4. The number of nitrogens with one attached hydrogen (secondary N) is 1. The Hall–Kier alpha value is -1.42. The standard InChI is InChI=1S/C14H20FNO2/c1-3-8-18-10-14(17)16-7-6-12-4-5-13(15)9-11(12)2/h4-5,9H,3,6-8,10H2,1-2H3,(H,16,17). The number of rotatable bonds is 7. The Bertz CT molecular complexity index is 393. The van der Waals surface area contributed by atoms with Crippen molar-refractivity contribution in [2.45, 2.75) is 26.7 Å². The average molecular weight is 253 g/mol. The van der Waals surface area contributed by atoms with Gasteiger partial charge in [0.05, 0.1) is 0 Å². The fraction of sp³-hybridized carbons (Fsp3) is 0.500. The van der Waals surface area contributed by atoms with Gasteiger partial charge in [0.15, 0.2) is 0 Å². The molecule has 18 heavy (non-hydrogen) atoms. The smallest absolute Gasteiger partial charge is 0.246 e. The van der Waals surface area contributed by atoms with Crippen LogP contribution in [-0.2, 0) is 16.0 Å². The number of aryl methyl sites for hydroxylation is 1. The van der Waals surface area contributed by atoms with E-state index in [4.69, 9.17) is 4.74 Å². The van der Waals surface area contributed by atoms with Crippen molar-refractivity contribution in [3.05, 3.63) is 35.1 Å². The van der Waals surface area contributed by atoms with E-state index in [9.17, 15) is 9.18 Å². The molecule has 0 aliphatic heterocycles. The van der Waals surface area contributed by atoms with Crippen LogP contribution in [-0.4, -0.2) is 25.7 Å². The second-order valence-electron chi connectivity index (χ2n) is 4.22. The molecule has 1 aromatic carbocycles. The molecule has 0 bridgehead atoms. The van der Waals surface area contributed by atoms with Crippen molar-refractivity contribution in [3.63, 3.8) is 0 Å². The van der Waals surface area contributed by atoms with Gasteiger partial charge in [-0.25, -0.2) is 4.39 Å². The monoisotopic (exact) mass is 253 g/mol. The maximum absolute atomic E-state index is 12.9. The summed E-state index contributed by atoms with van der Waals surface area (Å²) in [6, 6.07) is 4.69. The maximum atomic E-state index is 12.9. The molecule has 1 aromatic rings. The first-order valence-corrected chi connectivity index (χ1v) is 6.23. The van der Waals surface area contributed by atoms with Gasteiger partial charge in [0.25, 0.3) is 0 Å². The van der Waals surface area contributed by atoms with E-state index in [0.29, 0.717) is 19.6 Å². The van der Waals surface area contributed by atoms with Crippen molar-refractivity contribution in [1.82, 2.24) is 5.32 Å². The largest absolute Gasteiger partial charge is 0.372 e. The highest BCUT2D eigenvalue weighted by Gasteiger charge is 2.03. The molecule has 0 aliphatic rings. The van der Waals surface area contributed by atoms with Crippen molar-refractivity contribution >= 4 is 5.91 Å².